The molecule has 0 aromatic carbocycles. The molecule has 0 saturated heterocycles. The van der Waals surface area contributed by atoms with Crippen molar-refractivity contribution < 1.29 is 4.79 Å². The van der Waals surface area contributed by atoms with Gasteiger partial charge in [-0.25, -0.2) is 4.98 Å². The number of aromatic nitrogens is 2. The molecule has 0 bridgehead atoms. The van der Waals surface area contributed by atoms with Gasteiger partial charge in [0, 0.05) is 25.9 Å². The third-order valence-corrected chi connectivity index (χ3v) is 3.58. The normalized spacial score (nSPS) is 10.8. The first-order valence-electron chi connectivity index (χ1n) is 7.76. The highest BCUT2D eigenvalue weighted by atomic mass is 16.1. The molecule has 1 heterocycles. The Morgan fingerprint density at radius 2 is 1.63 bits per heavy atom. The Morgan fingerprint density at radius 3 is 2.16 bits per heavy atom. The molecule has 0 atom stereocenters. The van der Waals surface area contributed by atoms with Gasteiger partial charge in [0.1, 0.15) is 0 Å². The molecular formula is C16H28N2O. The van der Waals surface area contributed by atoms with E-state index in [9.17, 15) is 4.79 Å². The van der Waals surface area contributed by atoms with Gasteiger partial charge in [0.15, 0.2) is 11.6 Å². The van der Waals surface area contributed by atoms with Crippen molar-refractivity contribution in [3.63, 3.8) is 0 Å². The van der Waals surface area contributed by atoms with E-state index in [-0.39, 0.29) is 5.78 Å². The monoisotopic (exact) mass is 264 g/mol. The zero-order chi connectivity index (χ0) is 13.9. The van der Waals surface area contributed by atoms with Crippen LogP contribution in [0.2, 0.25) is 0 Å². The van der Waals surface area contributed by atoms with Gasteiger partial charge in [-0.15, -0.1) is 0 Å². The summed E-state index contributed by atoms with van der Waals surface area (Å²) in [6.07, 6.45) is 15.7. The van der Waals surface area contributed by atoms with Gasteiger partial charge in [-0.1, -0.05) is 58.3 Å². The first kappa shape index (κ1) is 15.9. The number of carbonyl (C=O) groups excluding carboxylic acids is 1. The standard InChI is InChI=1S/C16H28N2O/c1-3-4-5-6-7-8-9-10-11-12-15(19)16-17-13-14-18(16)2/h13-14H,3-12H2,1-2H3. The number of carbonyl (C=O) groups is 1. The second-order valence-electron chi connectivity index (χ2n) is 5.36. The van der Waals surface area contributed by atoms with Gasteiger partial charge in [-0.3, -0.25) is 4.79 Å². The van der Waals surface area contributed by atoms with Crippen LogP contribution < -0.4 is 0 Å². The molecule has 1 aromatic rings. The van der Waals surface area contributed by atoms with Crippen LogP contribution in [0.5, 0.6) is 0 Å². The van der Waals surface area contributed by atoms with Crippen LogP contribution in [0.4, 0.5) is 0 Å². The number of nitrogens with zero attached hydrogens (tertiary/aromatic N) is 2. The highest BCUT2D eigenvalue weighted by molar-refractivity contribution is 5.92. The molecule has 0 aliphatic heterocycles. The van der Waals surface area contributed by atoms with Gasteiger partial charge in [0.25, 0.3) is 0 Å². The zero-order valence-corrected chi connectivity index (χ0v) is 12.5. The molecule has 0 amide bonds. The minimum atomic E-state index is 0.176. The van der Waals surface area contributed by atoms with Crippen molar-refractivity contribution in [1.82, 2.24) is 9.55 Å². The lowest BCUT2D eigenvalue weighted by Gasteiger charge is -2.02. The van der Waals surface area contributed by atoms with Gasteiger partial charge < -0.3 is 4.57 Å². The Labute approximate surface area is 117 Å². The second kappa shape index (κ2) is 9.76. The van der Waals surface area contributed by atoms with Crippen LogP contribution in [-0.2, 0) is 7.05 Å². The summed E-state index contributed by atoms with van der Waals surface area (Å²) < 4.78 is 1.80. The molecule has 0 fully saturated rings. The van der Waals surface area contributed by atoms with Crippen molar-refractivity contribution in [2.75, 3.05) is 0 Å². The molecule has 0 unspecified atom stereocenters. The lowest BCUT2D eigenvalue weighted by atomic mass is 10.1. The Bertz CT molecular complexity index is 357. The molecule has 0 N–H and O–H groups in total. The molecule has 0 radical (unpaired) electrons. The van der Waals surface area contributed by atoms with E-state index in [2.05, 4.69) is 11.9 Å². The summed E-state index contributed by atoms with van der Waals surface area (Å²) in [6, 6.07) is 0. The first-order chi connectivity index (χ1) is 9.25. The fourth-order valence-corrected chi connectivity index (χ4v) is 2.34. The highest BCUT2D eigenvalue weighted by Crippen LogP contribution is 2.11. The first-order valence-corrected chi connectivity index (χ1v) is 7.76. The van der Waals surface area contributed by atoms with Gasteiger partial charge in [-0.05, 0) is 6.42 Å². The zero-order valence-electron chi connectivity index (χ0n) is 12.5. The quantitative estimate of drug-likeness (QED) is 0.435. The van der Waals surface area contributed by atoms with Gasteiger partial charge in [0.05, 0.1) is 0 Å². The lowest BCUT2D eigenvalue weighted by Crippen LogP contribution is -2.06. The fraction of sp³-hybridized carbons (Fsp3) is 0.750. The molecule has 3 nitrogen and oxygen atoms in total. The van der Waals surface area contributed by atoms with Crippen molar-refractivity contribution in [3.05, 3.63) is 18.2 Å². The molecule has 0 spiro atoms. The van der Waals surface area contributed by atoms with Crippen LogP contribution in [0.25, 0.3) is 0 Å². The van der Waals surface area contributed by atoms with Gasteiger partial charge in [-0.2, -0.15) is 0 Å². The topological polar surface area (TPSA) is 34.9 Å². The Hall–Kier alpha value is -1.12. The Morgan fingerprint density at radius 1 is 1.05 bits per heavy atom. The van der Waals surface area contributed by atoms with Crippen molar-refractivity contribution in [2.45, 2.75) is 71.1 Å². The molecule has 1 aromatic heterocycles. The SMILES string of the molecule is CCCCCCCCCCCC(=O)c1nccn1C. The lowest BCUT2D eigenvalue weighted by molar-refractivity contribution is 0.0966. The number of hydrogen-bond acceptors (Lipinski definition) is 2. The maximum Gasteiger partial charge on any atom is 0.198 e. The van der Waals surface area contributed by atoms with E-state index >= 15 is 0 Å². The molecule has 108 valence electrons. The molecular weight excluding hydrogens is 236 g/mol. The molecule has 0 aliphatic carbocycles. The average Bonchev–Trinajstić information content (AvgIpc) is 2.83. The van der Waals surface area contributed by atoms with E-state index in [4.69, 9.17) is 0 Å². The van der Waals surface area contributed by atoms with E-state index in [0.29, 0.717) is 12.2 Å². The summed E-state index contributed by atoms with van der Waals surface area (Å²) in [4.78, 5) is 15.9. The van der Waals surface area contributed by atoms with Crippen LogP contribution in [-0.4, -0.2) is 15.3 Å². The summed E-state index contributed by atoms with van der Waals surface area (Å²) in [6.45, 7) is 2.25. The molecule has 1 rings (SSSR count). The second-order valence-corrected chi connectivity index (χ2v) is 5.36. The highest BCUT2D eigenvalue weighted by Gasteiger charge is 2.09. The van der Waals surface area contributed by atoms with Crippen molar-refractivity contribution in [1.29, 1.82) is 0 Å². The average molecular weight is 264 g/mol. The Balaban J connectivity index is 1.96. The van der Waals surface area contributed by atoms with Crippen LogP contribution in [0, 0.1) is 0 Å². The number of unbranched alkanes of at least 4 members (excludes halogenated alkanes) is 8. The van der Waals surface area contributed by atoms with Crippen molar-refractivity contribution >= 4 is 5.78 Å². The number of rotatable bonds is 11. The van der Waals surface area contributed by atoms with Crippen molar-refractivity contribution in [3.8, 4) is 0 Å². The van der Waals surface area contributed by atoms with Crippen molar-refractivity contribution in [2.24, 2.45) is 7.05 Å². The van der Waals surface area contributed by atoms with E-state index in [1.54, 1.807) is 10.8 Å². The van der Waals surface area contributed by atoms with Crippen LogP contribution >= 0.6 is 0 Å². The van der Waals surface area contributed by atoms with Crippen LogP contribution in [0.3, 0.4) is 0 Å². The number of Topliss-reactive ketones (excluding diaryl/α,β-unsaturated/α-hetero) is 1. The van der Waals surface area contributed by atoms with E-state index < -0.39 is 0 Å². The third-order valence-electron chi connectivity index (χ3n) is 3.58. The summed E-state index contributed by atoms with van der Waals surface area (Å²) >= 11 is 0. The maximum atomic E-state index is 11.9. The summed E-state index contributed by atoms with van der Waals surface area (Å²) in [7, 11) is 1.87. The molecule has 3 heteroatoms. The van der Waals surface area contributed by atoms with Gasteiger partial charge in [0.2, 0.25) is 0 Å². The van der Waals surface area contributed by atoms with Gasteiger partial charge >= 0.3 is 0 Å². The smallest absolute Gasteiger partial charge is 0.198 e. The largest absolute Gasteiger partial charge is 0.332 e. The maximum absolute atomic E-state index is 11.9. The number of ketones is 1. The fourth-order valence-electron chi connectivity index (χ4n) is 2.34. The summed E-state index contributed by atoms with van der Waals surface area (Å²) in [5, 5.41) is 0. The number of imidazole rings is 1. The van der Waals surface area contributed by atoms with E-state index in [0.717, 1.165) is 6.42 Å². The predicted molar refractivity (Wildman–Crippen MR) is 79.4 cm³/mol. The summed E-state index contributed by atoms with van der Waals surface area (Å²) in [5.74, 6) is 0.773. The van der Waals surface area contributed by atoms with Crippen LogP contribution in [0.1, 0.15) is 81.8 Å². The number of hydrogen-bond donors (Lipinski definition) is 0. The van der Waals surface area contributed by atoms with Crippen LogP contribution in [0.15, 0.2) is 12.4 Å². The molecule has 19 heavy (non-hydrogen) atoms. The minimum Gasteiger partial charge on any atom is -0.332 e. The third kappa shape index (κ3) is 6.55. The summed E-state index contributed by atoms with van der Waals surface area (Å²) in [5.41, 5.74) is 0. The number of aryl methyl sites for hydroxylation is 1. The molecule has 0 aliphatic rings. The predicted octanol–water partition coefficient (Wildman–Crippen LogP) is 4.52. The Kier molecular flexibility index (Phi) is 8.19. The van der Waals surface area contributed by atoms with E-state index in [1.165, 1.54) is 51.4 Å². The van der Waals surface area contributed by atoms with E-state index in [1.807, 2.05) is 13.2 Å². The minimum absolute atomic E-state index is 0.176. The molecule has 0 saturated carbocycles.